The van der Waals surface area contributed by atoms with Gasteiger partial charge in [-0.05, 0) is 48.0 Å². The van der Waals surface area contributed by atoms with E-state index < -0.39 is 23.2 Å². The van der Waals surface area contributed by atoms with Gasteiger partial charge in [0.15, 0.2) is 17.3 Å². The molecule has 4 rings (SSSR count). The number of halogens is 3. The number of nitriles is 1. The van der Waals surface area contributed by atoms with E-state index >= 15 is 0 Å². The Morgan fingerprint density at radius 2 is 1.78 bits per heavy atom. The minimum Gasteiger partial charge on any atom is -0.494 e. The maximum absolute atomic E-state index is 14.4. The second-order valence-electron chi connectivity index (χ2n) is 8.51. The Morgan fingerprint density at radius 1 is 1.08 bits per heavy atom. The number of likely N-dealkylation sites (N-methyl/N-ethyl adjacent to an activating group) is 1. The molecule has 2 atom stereocenters. The fourth-order valence-corrected chi connectivity index (χ4v) is 4.99. The van der Waals surface area contributed by atoms with E-state index in [-0.39, 0.29) is 23.6 Å². The largest absolute Gasteiger partial charge is 0.494 e. The van der Waals surface area contributed by atoms with E-state index in [4.69, 9.17) is 33.2 Å². The van der Waals surface area contributed by atoms with E-state index in [0.29, 0.717) is 27.7 Å². The van der Waals surface area contributed by atoms with Gasteiger partial charge in [-0.1, -0.05) is 41.4 Å². The standard InChI is InChI=1S/C27H22Cl2FN3O3/c1-33(26(35)19-8-10-24(36-2)23(30)12-19)27(25(34)17-5-3-16(13-31)4-6-17)15-32-14-20(27)18-7-9-21(28)22(29)11-18/h3-12,20,32H,14-15H2,1-2H3/t20-,27+/m0/s1. The van der Waals surface area contributed by atoms with Gasteiger partial charge in [-0.15, -0.1) is 0 Å². The molecule has 1 saturated heterocycles. The molecule has 184 valence electrons. The first-order valence-corrected chi connectivity index (χ1v) is 11.8. The smallest absolute Gasteiger partial charge is 0.254 e. The fraction of sp³-hybridized carbons (Fsp3) is 0.222. The van der Waals surface area contributed by atoms with E-state index in [1.807, 2.05) is 6.07 Å². The fourth-order valence-electron chi connectivity index (χ4n) is 4.69. The van der Waals surface area contributed by atoms with Crippen molar-refractivity contribution >= 4 is 34.9 Å². The summed E-state index contributed by atoms with van der Waals surface area (Å²) in [6, 6.07) is 17.3. The van der Waals surface area contributed by atoms with Crippen LogP contribution in [0.4, 0.5) is 4.39 Å². The van der Waals surface area contributed by atoms with Gasteiger partial charge < -0.3 is 15.0 Å². The van der Waals surface area contributed by atoms with Crippen LogP contribution in [0, 0.1) is 17.1 Å². The number of ether oxygens (including phenoxy) is 1. The van der Waals surface area contributed by atoms with Crippen LogP contribution in [0.2, 0.25) is 10.0 Å². The lowest BCUT2D eigenvalue weighted by atomic mass is 9.75. The van der Waals surface area contributed by atoms with Crippen molar-refractivity contribution in [3.05, 3.63) is 98.8 Å². The molecule has 0 unspecified atom stereocenters. The minimum absolute atomic E-state index is 0.00814. The number of carbonyl (C=O) groups is 2. The van der Waals surface area contributed by atoms with Crippen molar-refractivity contribution in [2.45, 2.75) is 11.5 Å². The van der Waals surface area contributed by atoms with Crippen LogP contribution < -0.4 is 10.1 Å². The number of amides is 1. The number of methoxy groups -OCH3 is 1. The normalized spacial score (nSPS) is 18.9. The number of hydrogen-bond acceptors (Lipinski definition) is 5. The van der Waals surface area contributed by atoms with Crippen molar-refractivity contribution < 1.29 is 18.7 Å². The Balaban J connectivity index is 1.84. The molecule has 36 heavy (non-hydrogen) atoms. The molecular formula is C27H22Cl2FN3O3. The first-order chi connectivity index (χ1) is 17.2. The van der Waals surface area contributed by atoms with Crippen molar-refractivity contribution in [2.24, 2.45) is 0 Å². The zero-order valence-corrected chi connectivity index (χ0v) is 21.0. The summed E-state index contributed by atoms with van der Waals surface area (Å²) in [5.41, 5.74) is 0.158. The first kappa shape index (κ1) is 25.6. The molecule has 3 aromatic rings. The highest BCUT2D eigenvalue weighted by molar-refractivity contribution is 6.42. The summed E-state index contributed by atoms with van der Waals surface area (Å²) in [6.07, 6.45) is 0. The van der Waals surface area contributed by atoms with Crippen molar-refractivity contribution in [3.8, 4) is 11.8 Å². The van der Waals surface area contributed by atoms with Gasteiger partial charge >= 0.3 is 0 Å². The van der Waals surface area contributed by atoms with E-state index in [0.717, 1.165) is 11.6 Å². The number of Topliss-reactive ketones (excluding diaryl/α,β-unsaturated/α-hetero) is 1. The lowest BCUT2D eigenvalue weighted by Gasteiger charge is -2.42. The Hall–Kier alpha value is -3.44. The van der Waals surface area contributed by atoms with Crippen LogP contribution in [-0.4, -0.2) is 49.4 Å². The maximum Gasteiger partial charge on any atom is 0.254 e. The Bertz CT molecular complexity index is 1370. The minimum atomic E-state index is -1.38. The van der Waals surface area contributed by atoms with Crippen LogP contribution >= 0.6 is 23.2 Å². The highest BCUT2D eigenvalue weighted by atomic mass is 35.5. The average molecular weight is 526 g/mol. The Morgan fingerprint density at radius 3 is 2.39 bits per heavy atom. The van der Waals surface area contributed by atoms with E-state index in [2.05, 4.69) is 5.32 Å². The average Bonchev–Trinajstić information content (AvgIpc) is 3.35. The molecule has 1 N–H and O–H groups in total. The highest BCUT2D eigenvalue weighted by Crippen LogP contribution is 2.41. The SMILES string of the molecule is COc1ccc(C(=O)N(C)[C@]2(C(=O)c3ccc(C#N)cc3)CNC[C@H]2c2ccc(Cl)c(Cl)c2)cc1F. The van der Waals surface area contributed by atoms with Gasteiger partial charge in [0.05, 0.1) is 28.8 Å². The Labute approximate surface area is 218 Å². The lowest BCUT2D eigenvalue weighted by molar-refractivity contribution is 0.0477. The van der Waals surface area contributed by atoms with Crippen LogP contribution in [0.25, 0.3) is 0 Å². The maximum atomic E-state index is 14.4. The van der Waals surface area contributed by atoms with Gasteiger partial charge in [-0.3, -0.25) is 9.59 Å². The first-order valence-electron chi connectivity index (χ1n) is 11.0. The quantitative estimate of drug-likeness (QED) is 0.453. The molecule has 1 aliphatic rings. The number of benzene rings is 3. The molecule has 1 heterocycles. The number of carbonyl (C=O) groups excluding carboxylic acids is 2. The number of rotatable bonds is 6. The number of hydrogen-bond donors (Lipinski definition) is 1. The zero-order chi connectivity index (χ0) is 26.0. The second-order valence-corrected chi connectivity index (χ2v) is 9.33. The summed E-state index contributed by atoms with van der Waals surface area (Å²) in [6.45, 7) is 0.534. The second kappa shape index (κ2) is 10.3. The topological polar surface area (TPSA) is 82.4 Å². The molecule has 1 fully saturated rings. The van der Waals surface area contributed by atoms with Crippen LogP contribution in [0.1, 0.15) is 37.8 Å². The Kier molecular flexibility index (Phi) is 7.32. The molecular weight excluding hydrogens is 504 g/mol. The summed E-state index contributed by atoms with van der Waals surface area (Å²) in [5.74, 6) is -2.03. The third-order valence-electron chi connectivity index (χ3n) is 6.64. The van der Waals surface area contributed by atoms with Gasteiger partial charge in [0.1, 0.15) is 5.54 Å². The molecule has 1 amide bonds. The van der Waals surface area contributed by atoms with E-state index in [1.165, 1.54) is 31.2 Å². The van der Waals surface area contributed by atoms with Gasteiger partial charge in [0.2, 0.25) is 0 Å². The lowest BCUT2D eigenvalue weighted by Crippen LogP contribution is -2.59. The van der Waals surface area contributed by atoms with Crippen molar-refractivity contribution in [2.75, 3.05) is 27.2 Å². The predicted molar refractivity (Wildman–Crippen MR) is 135 cm³/mol. The summed E-state index contributed by atoms with van der Waals surface area (Å²) >= 11 is 12.4. The molecule has 0 aromatic heterocycles. The summed E-state index contributed by atoms with van der Waals surface area (Å²) in [7, 11) is 2.87. The third kappa shape index (κ3) is 4.44. The molecule has 0 aliphatic carbocycles. The van der Waals surface area contributed by atoms with Crippen LogP contribution in [0.3, 0.4) is 0 Å². The number of ketones is 1. The molecule has 9 heteroatoms. The van der Waals surface area contributed by atoms with Crippen LogP contribution in [0.5, 0.6) is 5.75 Å². The van der Waals surface area contributed by atoms with Crippen molar-refractivity contribution in [1.82, 2.24) is 10.2 Å². The number of nitrogens with zero attached hydrogens (tertiary/aromatic N) is 2. The number of nitrogens with one attached hydrogen (secondary N) is 1. The molecule has 0 radical (unpaired) electrons. The molecule has 6 nitrogen and oxygen atoms in total. The molecule has 1 aliphatic heterocycles. The molecule has 0 saturated carbocycles. The summed E-state index contributed by atoms with van der Waals surface area (Å²) in [4.78, 5) is 29.2. The van der Waals surface area contributed by atoms with Crippen molar-refractivity contribution in [3.63, 3.8) is 0 Å². The van der Waals surface area contributed by atoms with Crippen LogP contribution in [0.15, 0.2) is 60.7 Å². The van der Waals surface area contributed by atoms with E-state index in [9.17, 15) is 14.0 Å². The van der Waals surface area contributed by atoms with Crippen LogP contribution in [-0.2, 0) is 0 Å². The third-order valence-corrected chi connectivity index (χ3v) is 7.38. The van der Waals surface area contributed by atoms with Gasteiger partial charge in [-0.2, -0.15) is 5.26 Å². The molecule has 3 aromatic carbocycles. The zero-order valence-electron chi connectivity index (χ0n) is 19.5. The van der Waals surface area contributed by atoms with Gasteiger partial charge in [-0.25, -0.2) is 4.39 Å². The molecule has 0 bridgehead atoms. The van der Waals surface area contributed by atoms with Gasteiger partial charge in [0.25, 0.3) is 5.91 Å². The predicted octanol–water partition coefficient (Wildman–Crippen LogP) is 5.09. The van der Waals surface area contributed by atoms with Gasteiger partial charge in [0, 0.05) is 37.2 Å². The monoisotopic (exact) mass is 525 g/mol. The summed E-state index contributed by atoms with van der Waals surface area (Å²) < 4.78 is 19.4. The highest BCUT2D eigenvalue weighted by Gasteiger charge is 2.54. The van der Waals surface area contributed by atoms with E-state index in [1.54, 1.807) is 42.5 Å². The van der Waals surface area contributed by atoms with Crippen molar-refractivity contribution in [1.29, 1.82) is 5.26 Å². The molecule has 0 spiro atoms. The summed E-state index contributed by atoms with van der Waals surface area (Å²) in [5, 5.41) is 13.1.